The molecule has 0 amide bonds. The number of benzene rings is 3. The Morgan fingerprint density at radius 1 is 0.931 bits per heavy atom. The second kappa shape index (κ2) is 8.35. The number of hydrogen-bond acceptors (Lipinski definition) is 4. The largest absolute Gasteiger partial charge is 0.371 e. The fourth-order valence-electron chi connectivity index (χ4n) is 3.34. The number of nitrogens with one attached hydrogen (secondary N) is 1. The summed E-state index contributed by atoms with van der Waals surface area (Å²) in [5.41, 5.74) is 5.19. The van der Waals surface area contributed by atoms with Crippen LogP contribution < -0.4 is 5.32 Å². The van der Waals surface area contributed by atoms with E-state index in [1.54, 1.807) is 0 Å². The molecule has 3 aromatic carbocycles. The van der Waals surface area contributed by atoms with E-state index in [0.717, 1.165) is 32.5 Å². The van der Waals surface area contributed by atoms with E-state index in [0.29, 0.717) is 10.8 Å². The summed E-state index contributed by atoms with van der Waals surface area (Å²) in [6.07, 6.45) is 0. The van der Waals surface area contributed by atoms with Crippen LogP contribution in [0.3, 0.4) is 0 Å². The molecule has 1 heterocycles. The summed E-state index contributed by atoms with van der Waals surface area (Å²) >= 11 is 9.56. The monoisotopic (exact) mass is 467 g/mol. The second-order valence-electron chi connectivity index (χ2n) is 6.83. The van der Waals surface area contributed by atoms with Crippen LogP contribution >= 0.6 is 27.5 Å². The molecule has 0 aliphatic rings. The van der Waals surface area contributed by atoms with E-state index < -0.39 is 0 Å². The fourth-order valence-corrected chi connectivity index (χ4v) is 3.73. The van der Waals surface area contributed by atoms with Crippen LogP contribution in [-0.2, 0) is 0 Å². The van der Waals surface area contributed by atoms with Crippen molar-refractivity contribution in [2.45, 2.75) is 19.9 Å². The fraction of sp³-hybridized carbons (Fsp3) is 0.136. The number of aromatic nitrogens is 4. The van der Waals surface area contributed by atoms with Gasteiger partial charge in [-0.25, -0.2) is 0 Å². The summed E-state index contributed by atoms with van der Waals surface area (Å²) < 4.78 is 2.83. The molecule has 0 saturated heterocycles. The molecular weight excluding hydrogens is 450 g/mol. The highest BCUT2D eigenvalue weighted by atomic mass is 79.9. The van der Waals surface area contributed by atoms with Crippen LogP contribution in [0.15, 0.2) is 71.2 Å². The normalized spacial score (nSPS) is 12.0. The van der Waals surface area contributed by atoms with E-state index in [1.807, 2.05) is 47.1 Å². The third-order valence-corrected chi connectivity index (χ3v) is 5.54. The number of halogens is 2. The van der Waals surface area contributed by atoms with Gasteiger partial charge >= 0.3 is 0 Å². The molecule has 0 unspecified atom stereocenters. The number of tetrazole rings is 1. The summed E-state index contributed by atoms with van der Waals surface area (Å²) in [6, 6.07) is 21.7. The third kappa shape index (κ3) is 4.18. The molecule has 0 spiro atoms. The number of hydrogen-bond donors (Lipinski definition) is 1. The summed E-state index contributed by atoms with van der Waals surface area (Å²) in [4.78, 5) is 0. The molecule has 1 aromatic heterocycles. The molecule has 4 rings (SSSR count). The predicted octanol–water partition coefficient (Wildman–Crippen LogP) is 5.90. The van der Waals surface area contributed by atoms with Gasteiger partial charge in [-0.1, -0.05) is 57.9 Å². The molecule has 1 atom stereocenters. The zero-order chi connectivity index (χ0) is 20.4. The average Bonchev–Trinajstić information content (AvgIpc) is 3.17. The van der Waals surface area contributed by atoms with Crippen LogP contribution in [0, 0.1) is 13.8 Å². The SMILES string of the molecule is Cc1cccc(C)c1-n1nnnc1[C@H](Nc1ccc(Cl)cc1)c1ccc(Br)cc1. The molecule has 146 valence electrons. The van der Waals surface area contributed by atoms with E-state index in [-0.39, 0.29) is 6.04 Å². The minimum absolute atomic E-state index is 0.252. The van der Waals surface area contributed by atoms with Gasteiger partial charge < -0.3 is 5.32 Å². The van der Waals surface area contributed by atoms with Crippen molar-refractivity contribution in [3.05, 3.63) is 98.7 Å². The van der Waals surface area contributed by atoms with Gasteiger partial charge in [-0.05, 0) is 77.4 Å². The van der Waals surface area contributed by atoms with Gasteiger partial charge in [0, 0.05) is 15.2 Å². The number of para-hydroxylation sites is 1. The number of rotatable bonds is 5. The average molecular weight is 469 g/mol. The smallest absolute Gasteiger partial charge is 0.183 e. The molecule has 0 fully saturated rings. The van der Waals surface area contributed by atoms with E-state index in [9.17, 15) is 0 Å². The molecule has 0 aliphatic heterocycles. The Morgan fingerprint density at radius 2 is 1.59 bits per heavy atom. The lowest BCUT2D eigenvalue weighted by Gasteiger charge is -2.21. The Kier molecular flexibility index (Phi) is 5.65. The lowest BCUT2D eigenvalue weighted by molar-refractivity contribution is 0.731. The molecule has 0 bridgehead atoms. The van der Waals surface area contributed by atoms with Gasteiger partial charge in [-0.3, -0.25) is 0 Å². The maximum absolute atomic E-state index is 6.05. The van der Waals surface area contributed by atoms with E-state index in [1.165, 1.54) is 0 Å². The van der Waals surface area contributed by atoms with Crippen molar-refractivity contribution >= 4 is 33.2 Å². The summed E-state index contributed by atoms with van der Waals surface area (Å²) in [7, 11) is 0. The minimum atomic E-state index is -0.252. The lowest BCUT2D eigenvalue weighted by Crippen LogP contribution is -2.19. The molecule has 1 N–H and O–H groups in total. The van der Waals surface area contributed by atoms with Crippen molar-refractivity contribution in [3.63, 3.8) is 0 Å². The Bertz CT molecular complexity index is 1100. The third-order valence-electron chi connectivity index (χ3n) is 4.76. The number of anilines is 1. The van der Waals surface area contributed by atoms with Crippen molar-refractivity contribution < 1.29 is 0 Å². The van der Waals surface area contributed by atoms with Gasteiger partial charge in [0.2, 0.25) is 0 Å². The van der Waals surface area contributed by atoms with Gasteiger partial charge in [-0.15, -0.1) is 5.10 Å². The summed E-state index contributed by atoms with van der Waals surface area (Å²) in [6.45, 7) is 4.13. The Hall–Kier alpha value is -2.70. The van der Waals surface area contributed by atoms with Crippen LogP contribution in [0.5, 0.6) is 0 Å². The van der Waals surface area contributed by atoms with Crippen LogP contribution in [0.1, 0.15) is 28.6 Å². The molecule has 5 nitrogen and oxygen atoms in total. The lowest BCUT2D eigenvalue weighted by atomic mass is 10.0. The first kappa shape index (κ1) is 19.6. The standard InChI is InChI=1S/C22H19BrClN5/c1-14-4-3-5-15(2)21(14)29-22(26-27-28-29)20(16-6-8-17(23)9-7-16)25-19-12-10-18(24)11-13-19/h3-13,20,25H,1-2H3/t20-/m1/s1. The van der Waals surface area contributed by atoms with Gasteiger partial charge in [0.1, 0.15) is 6.04 Å². The van der Waals surface area contributed by atoms with Crippen LogP contribution in [-0.4, -0.2) is 20.2 Å². The predicted molar refractivity (Wildman–Crippen MR) is 120 cm³/mol. The van der Waals surface area contributed by atoms with Crippen LogP contribution in [0.25, 0.3) is 5.69 Å². The molecule has 0 aliphatic carbocycles. The minimum Gasteiger partial charge on any atom is -0.371 e. The zero-order valence-electron chi connectivity index (χ0n) is 16.0. The first-order valence-electron chi connectivity index (χ1n) is 9.15. The Morgan fingerprint density at radius 3 is 2.24 bits per heavy atom. The highest BCUT2D eigenvalue weighted by Gasteiger charge is 2.23. The van der Waals surface area contributed by atoms with Crippen molar-refractivity contribution in [1.29, 1.82) is 0 Å². The Labute approximate surface area is 182 Å². The highest BCUT2D eigenvalue weighted by molar-refractivity contribution is 9.10. The summed E-state index contributed by atoms with van der Waals surface area (Å²) in [5, 5.41) is 16.9. The quantitative estimate of drug-likeness (QED) is 0.396. The zero-order valence-corrected chi connectivity index (χ0v) is 18.3. The van der Waals surface area contributed by atoms with Gasteiger partial charge in [0.05, 0.1) is 5.69 Å². The molecular formula is C22H19BrClN5. The van der Waals surface area contributed by atoms with Gasteiger partial charge in [-0.2, -0.15) is 4.68 Å². The van der Waals surface area contributed by atoms with E-state index >= 15 is 0 Å². The van der Waals surface area contributed by atoms with Crippen molar-refractivity contribution in [1.82, 2.24) is 20.2 Å². The molecule has 29 heavy (non-hydrogen) atoms. The summed E-state index contributed by atoms with van der Waals surface area (Å²) in [5.74, 6) is 0.708. The topological polar surface area (TPSA) is 55.6 Å². The van der Waals surface area contributed by atoms with Crippen molar-refractivity contribution in [3.8, 4) is 5.69 Å². The molecule has 4 aromatic rings. The van der Waals surface area contributed by atoms with E-state index in [4.69, 9.17) is 11.6 Å². The Balaban J connectivity index is 1.83. The van der Waals surface area contributed by atoms with Gasteiger partial charge in [0.25, 0.3) is 0 Å². The number of aryl methyl sites for hydroxylation is 2. The maximum atomic E-state index is 6.05. The van der Waals surface area contributed by atoms with Crippen LogP contribution in [0.4, 0.5) is 5.69 Å². The van der Waals surface area contributed by atoms with Crippen LogP contribution in [0.2, 0.25) is 5.02 Å². The van der Waals surface area contributed by atoms with Crippen molar-refractivity contribution in [2.75, 3.05) is 5.32 Å². The van der Waals surface area contributed by atoms with Crippen molar-refractivity contribution in [2.24, 2.45) is 0 Å². The molecule has 7 heteroatoms. The maximum Gasteiger partial charge on any atom is 0.183 e. The first-order valence-corrected chi connectivity index (χ1v) is 10.3. The number of nitrogens with zero attached hydrogens (tertiary/aromatic N) is 4. The van der Waals surface area contributed by atoms with E-state index in [2.05, 4.69) is 74.9 Å². The molecule has 0 saturated carbocycles. The second-order valence-corrected chi connectivity index (χ2v) is 8.18. The molecule has 0 radical (unpaired) electrons. The van der Waals surface area contributed by atoms with Gasteiger partial charge in [0.15, 0.2) is 5.82 Å². The highest BCUT2D eigenvalue weighted by Crippen LogP contribution is 2.29. The first-order chi connectivity index (χ1) is 14.0.